The molecule has 1 heteroatoms. The molecule has 0 aromatic heterocycles. The summed E-state index contributed by atoms with van der Waals surface area (Å²) in [4.78, 5) is 0. The molecular formula is C25H38O. The highest BCUT2D eigenvalue weighted by Crippen LogP contribution is 2.28. The first-order valence-corrected chi connectivity index (χ1v) is 9.76. The summed E-state index contributed by atoms with van der Waals surface area (Å²) in [5.74, 6) is 0.898. The molecule has 0 aliphatic carbocycles. The minimum absolute atomic E-state index is 0.115. The summed E-state index contributed by atoms with van der Waals surface area (Å²) >= 11 is 0. The Morgan fingerprint density at radius 2 is 1.50 bits per heavy atom. The maximum absolute atomic E-state index is 6.04. The van der Waals surface area contributed by atoms with Crippen molar-refractivity contribution < 1.29 is 4.74 Å². The first-order valence-electron chi connectivity index (χ1n) is 9.76. The lowest BCUT2D eigenvalue weighted by atomic mass is 9.83. The van der Waals surface area contributed by atoms with E-state index in [1.165, 1.54) is 22.3 Å². The zero-order valence-corrected chi connectivity index (χ0v) is 18.4. The Balaban J connectivity index is 0.00000146. The molecule has 0 radical (unpaired) electrons. The predicted molar refractivity (Wildman–Crippen MR) is 118 cm³/mol. The van der Waals surface area contributed by atoms with Crippen LogP contribution in [0.25, 0.3) is 6.08 Å². The van der Waals surface area contributed by atoms with Crippen LogP contribution in [0.5, 0.6) is 5.75 Å². The summed E-state index contributed by atoms with van der Waals surface area (Å²) in [6, 6.07) is 12.8. The van der Waals surface area contributed by atoms with E-state index in [0.717, 1.165) is 11.3 Å². The molecule has 0 aliphatic rings. The quantitative estimate of drug-likeness (QED) is 0.542. The van der Waals surface area contributed by atoms with Gasteiger partial charge < -0.3 is 4.74 Å². The molecule has 2 aromatic rings. The van der Waals surface area contributed by atoms with Crippen molar-refractivity contribution in [3.63, 3.8) is 0 Å². The molecule has 2 rings (SSSR count). The van der Waals surface area contributed by atoms with Gasteiger partial charge in [-0.25, -0.2) is 0 Å². The molecule has 0 N–H and O–H groups in total. The molecule has 1 nitrogen and oxygen atoms in total. The van der Waals surface area contributed by atoms with Gasteiger partial charge in [-0.2, -0.15) is 0 Å². The zero-order chi connectivity index (χ0) is 20.3. The SMILES string of the molecule is C=Cc1cc(C)cc(OCc2ccc(C)cc2C(C)(C)C)c1.CC.CC. The average Bonchev–Trinajstić information content (AvgIpc) is 2.62. The van der Waals surface area contributed by atoms with Crippen molar-refractivity contribution in [2.24, 2.45) is 0 Å². The first kappa shape index (κ1) is 24.0. The van der Waals surface area contributed by atoms with Crippen LogP contribution in [-0.4, -0.2) is 0 Å². The number of ether oxygens (including phenoxy) is 1. The smallest absolute Gasteiger partial charge is 0.120 e. The summed E-state index contributed by atoms with van der Waals surface area (Å²) in [5, 5.41) is 0. The minimum Gasteiger partial charge on any atom is -0.489 e. The van der Waals surface area contributed by atoms with E-state index in [4.69, 9.17) is 4.74 Å². The number of hydrogen-bond acceptors (Lipinski definition) is 1. The van der Waals surface area contributed by atoms with Crippen LogP contribution in [0, 0.1) is 13.8 Å². The van der Waals surface area contributed by atoms with E-state index in [1.54, 1.807) is 0 Å². The Kier molecular flexibility index (Phi) is 10.7. The van der Waals surface area contributed by atoms with E-state index in [-0.39, 0.29) is 5.41 Å². The van der Waals surface area contributed by atoms with Gasteiger partial charge in [0.1, 0.15) is 12.4 Å². The second kappa shape index (κ2) is 11.6. The summed E-state index contributed by atoms with van der Waals surface area (Å²) in [5.41, 5.74) is 6.29. The van der Waals surface area contributed by atoms with Gasteiger partial charge in [-0.3, -0.25) is 0 Å². The van der Waals surface area contributed by atoms with Gasteiger partial charge in [-0.15, -0.1) is 0 Å². The van der Waals surface area contributed by atoms with E-state index >= 15 is 0 Å². The Morgan fingerprint density at radius 1 is 0.885 bits per heavy atom. The molecule has 0 fully saturated rings. The first-order chi connectivity index (χ1) is 12.3. The van der Waals surface area contributed by atoms with Crippen LogP contribution in [0.4, 0.5) is 0 Å². The van der Waals surface area contributed by atoms with Gasteiger partial charge >= 0.3 is 0 Å². The van der Waals surface area contributed by atoms with Gasteiger partial charge in [0.25, 0.3) is 0 Å². The molecular weight excluding hydrogens is 316 g/mol. The maximum atomic E-state index is 6.04. The minimum atomic E-state index is 0.115. The predicted octanol–water partition coefficient (Wildman–Crippen LogP) is 7.88. The maximum Gasteiger partial charge on any atom is 0.120 e. The lowest BCUT2D eigenvalue weighted by Gasteiger charge is -2.24. The lowest BCUT2D eigenvalue weighted by Crippen LogP contribution is -2.15. The third-order valence-corrected chi connectivity index (χ3v) is 3.78. The fourth-order valence-electron chi connectivity index (χ4n) is 2.65. The van der Waals surface area contributed by atoms with Gasteiger partial charge in [0.15, 0.2) is 0 Å². The largest absolute Gasteiger partial charge is 0.489 e. The van der Waals surface area contributed by atoms with E-state index in [9.17, 15) is 0 Å². The number of benzene rings is 2. The molecule has 0 saturated carbocycles. The molecule has 0 spiro atoms. The molecule has 0 amide bonds. The van der Waals surface area contributed by atoms with Gasteiger partial charge in [-0.05, 0) is 53.6 Å². The highest BCUT2D eigenvalue weighted by molar-refractivity contribution is 5.51. The van der Waals surface area contributed by atoms with E-state index in [0.29, 0.717) is 6.61 Å². The van der Waals surface area contributed by atoms with Crippen molar-refractivity contribution in [2.45, 2.75) is 74.3 Å². The topological polar surface area (TPSA) is 9.23 Å². The molecule has 0 atom stereocenters. The van der Waals surface area contributed by atoms with Crippen LogP contribution in [0.2, 0.25) is 0 Å². The van der Waals surface area contributed by atoms with E-state index in [2.05, 4.69) is 71.5 Å². The van der Waals surface area contributed by atoms with Gasteiger partial charge in [0, 0.05) is 0 Å². The Hall–Kier alpha value is -2.02. The van der Waals surface area contributed by atoms with Gasteiger partial charge in [0.2, 0.25) is 0 Å². The molecule has 0 heterocycles. The number of hydrogen-bond donors (Lipinski definition) is 0. The van der Waals surface area contributed by atoms with Crippen LogP contribution in [-0.2, 0) is 12.0 Å². The van der Waals surface area contributed by atoms with Crippen molar-refractivity contribution >= 4 is 6.08 Å². The van der Waals surface area contributed by atoms with Gasteiger partial charge in [0.05, 0.1) is 0 Å². The fraction of sp³-hybridized carbons (Fsp3) is 0.440. The van der Waals surface area contributed by atoms with Crippen molar-refractivity contribution in [3.8, 4) is 5.75 Å². The normalized spacial score (nSPS) is 10.0. The number of aryl methyl sites for hydroxylation is 2. The summed E-state index contributed by atoms with van der Waals surface area (Å²) in [7, 11) is 0. The summed E-state index contributed by atoms with van der Waals surface area (Å²) < 4.78 is 6.04. The Morgan fingerprint density at radius 3 is 2.04 bits per heavy atom. The van der Waals surface area contributed by atoms with E-state index < -0.39 is 0 Å². The van der Waals surface area contributed by atoms with Crippen molar-refractivity contribution in [1.82, 2.24) is 0 Å². The monoisotopic (exact) mass is 354 g/mol. The second-order valence-electron chi connectivity index (χ2n) is 6.98. The lowest BCUT2D eigenvalue weighted by molar-refractivity contribution is 0.302. The number of rotatable bonds is 4. The standard InChI is InChI=1S/C21H26O.2C2H6/c1-7-17-10-16(3)11-19(13-17)22-14-18-9-8-15(2)12-20(18)21(4,5)6;2*1-2/h7-13H,1,14H2,2-6H3;2*1-2H3. The molecule has 0 unspecified atom stereocenters. The summed E-state index contributed by atoms with van der Waals surface area (Å²) in [6.07, 6.45) is 1.85. The van der Waals surface area contributed by atoms with Gasteiger partial charge in [-0.1, -0.05) is 91.0 Å². The van der Waals surface area contributed by atoms with Crippen LogP contribution < -0.4 is 4.74 Å². The Bertz CT molecular complexity index is 675. The molecule has 26 heavy (non-hydrogen) atoms. The third kappa shape index (κ3) is 7.47. The zero-order valence-electron chi connectivity index (χ0n) is 18.4. The molecule has 144 valence electrons. The van der Waals surface area contributed by atoms with Crippen molar-refractivity contribution in [2.75, 3.05) is 0 Å². The van der Waals surface area contributed by atoms with Crippen LogP contribution in [0.1, 0.15) is 76.3 Å². The average molecular weight is 355 g/mol. The van der Waals surface area contributed by atoms with Crippen LogP contribution in [0.15, 0.2) is 43.0 Å². The summed E-state index contributed by atoms with van der Waals surface area (Å²) in [6.45, 7) is 23.4. The third-order valence-electron chi connectivity index (χ3n) is 3.78. The molecule has 2 aromatic carbocycles. The second-order valence-corrected chi connectivity index (χ2v) is 6.98. The van der Waals surface area contributed by atoms with E-state index in [1.807, 2.05) is 39.8 Å². The van der Waals surface area contributed by atoms with Crippen LogP contribution >= 0.6 is 0 Å². The fourth-order valence-corrected chi connectivity index (χ4v) is 2.65. The van der Waals surface area contributed by atoms with Crippen molar-refractivity contribution in [1.29, 1.82) is 0 Å². The van der Waals surface area contributed by atoms with Crippen LogP contribution in [0.3, 0.4) is 0 Å². The molecule has 0 saturated heterocycles. The molecule has 0 aliphatic heterocycles. The highest BCUT2D eigenvalue weighted by atomic mass is 16.5. The van der Waals surface area contributed by atoms with Crippen molar-refractivity contribution in [3.05, 3.63) is 70.8 Å². The molecule has 0 bridgehead atoms. The Labute approximate surface area is 162 Å². The highest BCUT2D eigenvalue weighted by Gasteiger charge is 2.18.